The first-order valence-corrected chi connectivity index (χ1v) is 7.53. The molecule has 0 amide bonds. The average molecular weight is 318 g/mol. The third-order valence-corrected chi connectivity index (χ3v) is 3.86. The van der Waals surface area contributed by atoms with Crippen molar-refractivity contribution in [2.24, 2.45) is 0 Å². The van der Waals surface area contributed by atoms with Crippen molar-refractivity contribution in [3.63, 3.8) is 0 Å². The van der Waals surface area contributed by atoms with Gasteiger partial charge in [0.25, 0.3) is 0 Å². The van der Waals surface area contributed by atoms with Crippen LogP contribution in [0.4, 0.5) is 11.4 Å². The van der Waals surface area contributed by atoms with E-state index in [4.69, 9.17) is 16.2 Å². The van der Waals surface area contributed by atoms with Crippen LogP contribution in [0.5, 0.6) is 5.75 Å². The molecule has 4 nitrogen and oxygen atoms in total. The second-order valence-electron chi connectivity index (χ2n) is 5.46. The Kier molecular flexibility index (Phi) is 4.20. The summed E-state index contributed by atoms with van der Waals surface area (Å²) in [5.41, 5.74) is 15.6. The van der Waals surface area contributed by atoms with Crippen molar-refractivity contribution in [2.75, 3.05) is 18.6 Å². The van der Waals surface area contributed by atoms with Gasteiger partial charge in [-0.2, -0.15) is 0 Å². The number of rotatable bonds is 4. The van der Waals surface area contributed by atoms with Crippen LogP contribution in [0.25, 0.3) is 11.1 Å². The molecule has 0 aliphatic rings. The van der Waals surface area contributed by atoms with Gasteiger partial charge in [-0.05, 0) is 54.1 Å². The van der Waals surface area contributed by atoms with E-state index in [1.807, 2.05) is 24.3 Å². The molecule has 120 valence electrons. The summed E-state index contributed by atoms with van der Waals surface area (Å²) < 4.78 is 5.43. The molecule has 3 aromatic carbocycles. The lowest BCUT2D eigenvalue weighted by atomic mass is 9.93. The highest BCUT2D eigenvalue weighted by Crippen LogP contribution is 2.34. The Morgan fingerprint density at radius 1 is 0.833 bits per heavy atom. The van der Waals surface area contributed by atoms with E-state index in [9.17, 15) is 4.79 Å². The summed E-state index contributed by atoms with van der Waals surface area (Å²) in [5, 5.41) is 0. The number of para-hydroxylation sites is 1. The van der Waals surface area contributed by atoms with E-state index in [2.05, 4.69) is 0 Å². The first-order valence-electron chi connectivity index (χ1n) is 7.53. The zero-order chi connectivity index (χ0) is 17.1. The highest BCUT2D eigenvalue weighted by molar-refractivity contribution is 6.13. The van der Waals surface area contributed by atoms with Crippen molar-refractivity contribution < 1.29 is 9.53 Å². The minimum Gasteiger partial charge on any atom is -0.496 e. The van der Waals surface area contributed by atoms with Gasteiger partial charge in [-0.1, -0.05) is 18.2 Å². The van der Waals surface area contributed by atoms with Gasteiger partial charge in [0.05, 0.1) is 7.11 Å². The largest absolute Gasteiger partial charge is 0.496 e. The molecule has 0 unspecified atom stereocenters. The zero-order valence-corrected chi connectivity index (χ0v) is 13.3. The third-order valence-electron chi connectivity index (χ3n) is 3.86. The minimum absolute atomic E-state index is 0.0871. The summed E-state index contributed by atoms with van der Waals surface area (Å²) in [6.07, 6.45) is 0. The topological polar surface area (TPSA) is 78.3 Å². The van der Waals surface area contributed by atoms with Gasteiger partial charge in [0, 0.05) is 28.1 Å². The van der Waals surface area contributed by atoms with Crippen LogP contribution < -0.4 is 16.2 Å². The van der Waals surface area contributed by atoms with Gasteiger partial charge in [0.15, 0.2) is 5.78 Å². The van der Waals surface area contributed by atoms with E-state index in [1.165, 1.54) is 0 Å². The average Bonchev–Trinajstić information content (AvgIpc) is 2.61. The molecule has 0 radical (unpaired) electrons. The van der Waals surface area contributed by atoms with Crippen molar-refractivity contribution in [1.29, 1.82) is 0 Å². The fourth-order valence-corrected chi connectivity index (χ4v) is 2.64. The second-order valence-corrected chi connectivity index (χ2v) is 5.46. The maximum atomic E-state index is 12.9. The fourth-order valence-electron chi connectivity index (χ4n) is 2.64. The van der Waals surface area contributed by atoms with Gasteiger partial charge in [-0.15, -0.1) is 0 Å². The highest BCUT2D eigenvalue weighted by atomic mass is 16.5. The maximum absolute atomic E-state index is 12.9. The number of carbonyl (C=O) groups is 1. The molecule has 0 fully saturated rings. The first-order chi connectivity index (χ1) is 11.6. The summed E-state index contributed by atoms with van der Waals surface area (Å²) in [7, 11) is 1.60. The molecule has 0 heterocycles. The number of carbonyl (C=O) groups excluding carboxylic acids is 1. The summed E-state index contributed by atoms with van der Waals surface area (Å²) in [5.74, 6) is 0.602. The molecular formula is C20H18N2O2. The lowest BCUT2D eigenvalue weighted by molar-refractivity contribution is 0.103. The van der Waals surface area contributed by atoms with Gasteiger partial charge < -0.3 is 16.2 Å². The second kappa shape index (κ2) is 6.46. The highest BCUT2D eigenvalue weighted by Gasteiger charge is 2.17. The quantitative estimate of drug-likeness (QED) is 0.567. The van der Waals surface area contributed by atoms with Gasteiger partial charge in [-0.3, -0.25) is 4.79 Å². The van der Waals surface area contributed by atoms with Crippen molar-refractivity contribution in [2.45, 2.75) is 0 Å². The van der Waals surface area contributed by atoms with Crippen LogP contribution in [0.2, 0.25) is 0 Å². The standard InChI is InChI=1S/C20H18N2O2/c1-24-19-5-3-2-4-16(19)18-12-15(22)10-11-17(18)20(23)13-6-8-14(21)9-7-13/h2-12H,21-22H2,1H3. The number of hydrogen-bond donors (Lipinski definition) is 2. The lowest BCUT2D eigenvalue weighted by Crippen LogP contribution is -2.05. The monoisotopic (exact) mass is 318 g/mol. The van der Waals surface area contributed by atoms with E-state index in [0.29, 0.717) is 28.3 Å². The van der Waals surface area contributed by atoms with Crippen LogP contribution in [0.1, 0.15) is 15.9 Å². The van der Waals surface area contributed by atoms with Gasteiger partial charge in [0.2, 0.25) is 0 Å². The molecule has 3 aromatic rings. The smallest absolute Gasteiger partial charge is 0.193 e. The first kappa shape index (κ1) is 15.6. The predicted molar refractivity (Wildman–Crippen MR) is 97.1 cm³/mol. The Balaban J connectivity index is 2.16. The Hall–Kier alpha value is -3.27. The van der Waals surface area contributed by atoms with Gasteiger partial charge >= 0.3 is 0 Å². The molecule has 24 heavy (non-hydrogen) atoms. The minimum atomic E-state index is -0.0871. The lowest BCUT2D eigenvalue weighted by Gasteiger charge is -2.13. The molecule has 0 saturated heterocycles. The number of benzene rings is 3. The Morgan fingerprint density at radius 2 is 1.50 bits per heavy atom. The van der Waals surface area contributed by atoms with Crippen LogP contribution in [0.15, 0.2) is 66.7 Å². The molecule has 0 bridgehead atoms. The van der Waals surface area contributed by atoms with Crippen molar-refractivity contribution >= 4 is 17.2 Å². The van der Waals surface area contributed by atoms with E-state index >= 15 is 0 Å². The molecule has 4 heteroatoms. The molecule has 0 spiro atoms. The van der Waals surface area contributed by atoms with Crippen molar-refractivity contribution in [3.8, 4) is 16.9 Å². The van der Waals surface area contributed by atoms with Gasteiger partial charge in [0.1, 0.15) is 5.75 Å². The van der Waals surface area contributed by atoms with Crippen LogP contribution in [-0.2, 0) is 0 Å². The number of nitrogens with two attached hydrogens (primary N) is 2. The van der Waals surface area contributed by atoms with E-state index < -0.39 is 0 Å². The molecular weight excluding hydrogens is 300 g/mol. The molecule has 0 aliphatic carbocycles. The summed E-state index contributed by atoms with van der Waals surface area (Å²) in [6.45, 7) is 0. The molecule has 0 atom stereocenters. The van der Waals surface area contributed by atoms with E-state index in [1.54, 1.807) is 49.6 Å². The Labute approximate surface area is 140 Å². The van der Waals surface area contributed by atoms with Crippen LogP contribution >= 0.6 is 0 Å². The van der Waals surface area contributed by atoms with E-state index in [-0.39, 0.29) is 5.78 Å². The summed E-state index contributed by atoms with van der Waals surface area (Å²) in [6, 6.07) is 19.7. The molecule has 0 saturated carbocycles. The molecule has 4 N–H and O–H groups in total. The summed E-state index contributed by atoms with van der Waals surface area (Å²) >= 11 is 0. The fraction of sp³-hybridized carbons (Fsp3) is 0.0500. The molecule has 3 rings (SSSR count). The normalized spacial score (nSPS) is 10.4. The van der Waals surface area contributed by atoms with Gasteiger partial charge in [-0.25, -0.2) is 0 Å². The van der Waals surface area contributed by atoms with E-state index in [0.717, 1.165) is 11.1 Å². The van der Waals surface area contributed by atoms with Crippen LogP contribution in [0, 0.1) is 0 Å². The number of methoxy groups -OCH3 is 1. The van der Waals surface area contributed by atoms with Crippen molar-refractivity contribution in [3.05, 3.63) is 77.9 Å². The summed E-state index contributed by atoms with van der Waals surface area (Å²) in [4.78, 5) is 12.9. The Morgan fingerprint density at radius 3 is 2.21 bits per heavy atom. The Bertz CT molecular complexity index is 886. The van der Waals surface area contributed by atoms with Crippen molar-refractivity contribution in [1.82, 2.24) is 0 Å². The number of ether oxygens (including phenoxy) is 1. The van der Waals surface area contributed by atoms with Crippen LogP contribution in [0.3, 0.4) is 0 Å². The number of anilines is 2. The maximum Gasteiger partial charge on any atom is 0.193 e. The number of ketones is 1. The number of nitrogen functional groups attached to an aromatic ring is 2. The predicted octanol–water partition coefficient (Wildman–Crippen LogP) is 3.76. The molecule has 0 aliphatic heterocycles. The van der Waals surface area contributed by atoms with Crippen LogP contribution in [-0.4, -0.2) is 12.9 Å². The molecule has 0 aromatic heterocycles. The number of hydrogen-bond acceptors (Lipinski definition) is 4. The zero-order valence-electron chi connectivity index (χ0n) is 13.3. The SMILES string of the molecule is COc1ccccc1-c1cc(N)ccc1C(=O)c1ccc(N)cc1. The third kappa shape index (κ3) is 2.94.